The number of nitrogens with zero attached hydrogens (tertiary/aromatic N) is 1. The molecule has 1 heterocycles. The van der Waals surface area contributed by atoms with Gasteiger partial charge in [0.05, 0.1) is 13.2 Å². The molecule has 2 unspecified atom stereocenters. The molecule has 0 aliphatic carbocycles. The highest BCUT2D eigenvalue weighted by atomic mass is 16.5. The van der Waals surface area contributed by atoms with Crippen molar-refractivity contribution >= 4 is 10.9 Å². The Hall–Kier alpha value is -1.44. The van der Waals surface area contributed by atoms with Gasteiger partial charge in [-0.3, -0.25) is 5.32 Å². The molecular formula is C15H24N4O2. The van der Waals surface area contributed by atoms with Gasteiger partial charge in [0.25, 0.3) is 0 Å². The number of ether oxygens (including phenoxy) is 1. The molecule has 0 spiro atoms. The molecule has 0 saturated heterocycles. The van der Waals surface area contributed by atoms with Crippen LogP contribution in [0.1, 0.15) is 11.6 Å². The van der Waals surface area contributed by atoms with Crippen LogP contribution in [0.3, 0.4) is 0 Å². The third kappa shape index (κ3) is 3.81. The number of nitrogens with two attached hydrogens (primary N) is 2. The first-order chi connectivity index (χ1) is 10.2. The van der Waals surface area contributed by atoms with E-state index in [1.165, 1.54) is 0 Å². The summed E-state index contributed by atoms with van der Waals surface area (Å²) in [7, 11) is 1.63. The van der Waals surface area contributed by atoms with Crippen LogP contribution < -0.4 is 16.8 Å². The lowest BCUT2D eigenvalue weighted by Crippen LogP contribution is -2.35. The fourth-order valence-corrected chi connectivity index (χ4v) is 2.43. The number of aliphatic hydroxyl groups excluding tert-OH is 1. The summed E-state index contributed by atoms with van der Waals surface area (Å²) < 4.78 is 6.96. The Balaban J connectivity index is 2.19. The van der Waals surface area contributed by atoms with Crippen LogP contribution in [0, 0.1) is 0 Å². The van der Waals surface area contributed by atoms with Crippen LogP contribution in [-0.2, 0) is 11.3 Å². The predicted octanol–water partition coefficient (Wildman–Crippen LogP) is 0.154. The van der Waals surface area contributed by atoms with E-state index in [1.807, 2.05) is 35.0 Å². The summed E-state index contributed by atoms with van der Waals surface area (Å²) in [4.78, 5) is 0. The van der Waals surface area contributed by atoms with Gasteiger partial charge in [0, 0.05) is 43.3 Å². The van der Waals surface area contributed by atoms with Gasteiger partial charge in [0.1, 0.15) is 6.23 Å². The Morgan fingerprint density at radius 1 is 1.38 bits per heavy atom. The maximum absolute atomic E-state index is 10.1. The van der Waals surface area contributed by atoms with Crippen molar-refractivity contribution in [2.75, 3.05) is 26.8 Å². The van der Waals surface area contributed by atoms with Crippen LogP contribution in [0.15, 0.2) is 30.5 Å². The molecule has 21 heavy (non-hydrogen) atoms. The zero-order valence-electron chi connectivity index (χ0n) is 12.3. The van der Waals surface area contributed by atoms with Crippen molar-refractivity contribution < 1.29 is 9.84 Å². The molecule has 116 valence electrons. The Morgan fingerprint density at radius 2 is 2.14 bits per heavy atom. The molecule has 0 saturated carbocycles. The maximum atomic E-state index is 10.1. The van der Waals surface area contributed by atoms with E-state index >= 15 is 0 Å². The number of methoxy groups -OCH3 is 1. The van der Waals surface area contributed by atoms with Crippen molar-refractivity contribution in [2.24, 2.45) is 11.5 Å². The van der Waals surface area contributed by atoms with Gasteiger partial charge in [-0.1, -0.05) is 18.2 Å². The van der Waals surface area contributed by atoms with Crippen molar-refractivity contribution in [3.63, 3.8) is 0 Å². The number of para-hydroxylation sites is 1. The van der Waals surface area contributed by atoms with Gasteiger partial charge in [0.15, 0.2) is 0 Å². The number of aliphatic hydroxyl groups is 1. The van der Waals surface area contributed by atoms with E-state index in [9.17, 15) is 5.11 Å². The fourth-order valence-electron chi connectivity index (χ4n) is 2.43. The van der Waals surface area contributed by atoms with Crippen molar-refractivity contribution in [3.8, 4) is 0 Å². The van der Waals surface area contributed by atoms with Gasteiger partial charge in [-0.25, -0.2) is 0 Å². The number of fused-ring (bicyclic) bond motifs is 1. The van der Waals surface area contributed by atoms with E-state index in [0.717, 1.165) is 16.5 Å². The molecule has 0 aliphatic rings. The van der Waals surface area contributed by atoms with E-state index in [4.69, 9.17) is 16.2 Å². The van der Waals surface area contributed by atoms with Gasteiger partial charge < -0.3 is 25.9 Å². The summed E-state index contributed by atoms with van der Waals surface area (Å²) in [6, 6.07) is 7.80. The monoisotopic (exact) mass is 292 g/mol. The first-order valence-electron chi connectivity index (χ1n) is 7.11. The Bertz CT molecular complexity index is 570. The molecule has 0 bridgehead atoms. The first-order valence-corrected chi connectivity index (χ1v) is 7.11. The smallest absolute Gasteiger partial charge is 0.123 e. The standard InChI is InChI=1S/C15H24N4O2/c1-21-7-6-18-15(20)10-19-9-12(13(17)8-16)11-4-2-3-5-14(11)19/h2-5,9,13,15,18,20H,6-8,10,16-17H2,1H3. The third-order valence-electron chi connectivity index (χ3n) is 3.53. The summed E-state index contributed by atoms with van der Waals surface area (Å²) in [5.41, 5.74) is 13.8. The molecule has 0 radical (unpaired) electrons. The summed E-state index contributed by atoms with van der Waals surface area (Å²) >= 11 is 0. The number of nitrogens with one attached hydrogen (secondary N) is 1. The number of benzene rings is 1. The molecule has 0 fully saturated rings. The SMILES string of the molecule is COCCNC(O)Cn1cc(C(N)CN)c2ccccc21. The minimum atomic E-state index is -0.641. The highest BCUT2D eigenvalue weighted by Crippen LogP contribution is 2.25. The van der Waals surface area contributed by atoms with Crippen LogP contribution in [-0.4, -0.2) is 42.7 Å². The Labute approximate surface area is 124 Å². The van der Waals surface area contributed by atoms with Gasteiger partial charge >= 0.3 is 0 Å². The lowest BCUT2D eigenvalue weighted by atomic mass is 10.1. The molecule has 6 nitrogen and oxygen atoms in total. The summed E-state index contributed by atoms with van der Waals surface area (Å²) in [5, 5.41) is 14.1. The second kappa shape index (κ2) is 7.53. The minimum absolute atomic E-state index is 0.199. The van der Waals surface area contributed by atoms with Crippen LogP contribution in [0.5, 0.6) is 0 Å². The van der Waals surface area contributed by atoms with E-state index in [0.29, 0.717) is 26.2 Å². The zero-order chi connectivity index (χ0) is 15.2. The normalized spacial score (nSPS) is 14.5. The molecule has 1 aromatic heterocycles. The fraction of sp³-hybridized carbons (Fsp3) is 0.467. The largest absolute Gasteiger partial charge is 0.383 e. The first kappa shape index (κ1) is 15.9. The minimum Gasteiger partial charge on any atom is -0.383 e. The summed E-state index contributed by atoms with van der Waals surface area (Å²) in [6.07, 6.45) is 1.33. The Kier molecular flexibility index (Phi) is 5.72. The number of hydrogen-bond acceptors (Lipinski definition) is 5. The Morgan fingerprint density at radius 3 is 2.86 bits per heavy atom. The molecule has 2 aromatic rings. The van der Waals surface area contributed by atoms with Crippen LogP contribution >= 0.6 is 0 Å². The lowest BCUT2D eigenvalue weighted by molar-refractivity contribution is 0.104. The van der Waals surface area contributed by atoms with Crippen molar-refractivity contribution in [1.82, 2.24) is 9.88 Å². The lowest BCUT2D eigenvalue weighted by Gasteiger charge is -2.14. The van der Waals surface area contributed by atoms with E-state index in [1.54, 1.807) is 7.11 Å². The predicted molar refractivity (Wildman–Crippen MR) is 83.8 cm³/mol. The van der Waals surface area contributed by atoms with E-state index in [-0.39, 0.29) is 6.04 Å². The molecule has 1 aromatic carbocycles. The number of hydrogen-bond donors (Lipinski definition) is 4. The molecule has 2 atom stereocenters. The van der Waals surface area contributed by atoms with Gasteiger partial charge in [-0.15, -0.1) is 0 Å². The van der Waals surface area contributed by atoms with Crippen molar-refractivity contribution in [1.29, 1.82) is 0 Å². The molecule has 0 aliphatic heterocycles. The molecule has 6 N–H and O–H groups in total. The quantitative estimate of drug-likeness (QED) is 0.410. The average Bonchev–Trinajstić information content (AvgIpc) is 2.86. The molecule has 0 amide bonds. The van der Waals surface area contributed by atoms with Crippen molar-refractivity contribution in [2.45, 2.75) is 18.8 Å². The second-order valence-corrected chi connectivity index (χ2v) is 5.06. The maximum Gasteiger partial charge on any atom is 0.123 e. The summed E-state index contributed by atoms with van der Waals surface area (Å²) in [6.45, 7) is 2.00. The van der Waals surface area contributed by atoms with Gasteiger partial charge in [-0.05, 0) is 11.6 Å². The summed E-state index contributed by atoms with van der Waals surface area (Å²) in [5.74, 6) is 0. The van der Waals surface area contributed by atoms with E-state index in [2.05, 4.69) is 5.32 Å². The molecule has 6 heteroatoms. The zero-order valence-corrected chi connectivity index (χ0v) is 12.3. The van der Waals surface area contributed by atoms with Gasteiger partial charge in [0.2, 0.25) is 0 Å². The molecule has 2 rings (SSSR count). The molecular weight excluding hydrogens is 268 g/mol. The van der Waals surface area contributed by atoms with Crippen LogP contribution in [0.4, 0.5) is 0 Å². The average molecular weight is 292 g/mol. The van der Waals surface area contributed by atoms with Crippen LogP contribution in [0.2, 0.25) is 0 Å². The van der Waals surface area contributed by atoms with Gasteiger partial charge in [-0.2, -0.15) is 0 Å². The second-order valence-electron chi connectivity index (χ2n) is 5.06. The van der Waals surface area contributed by atoms with E-state index < -0.39 is 6.23 Å². The highest BCUT2D eigenvalue weighted by Gasteiger charge is 2.14. The van der Waals surface area contributed by atoms with Crippen molar-refractivity contribution in [3.05, 3.63) is 36.0 Å². The topological polar surface area (TPSA) is 98.5 Å². The number of rotatable bonds is 8. The number of aromatic nitrogens is 1. The third-order valence-corrected chi connectivity index (χ3v) is 3.53. The van der Waals surface area contributed by atoms with Crippen LogP contribution in [0.25, 0.3) is 10.9 Å². The highest BCUT2D eigenvalue weighted by molar-refractivity contribution is 5.84.